The molecule has 4 aliphatic rings. The lowest BCUT2D eigenvalue weighted by Gasteiger charge is -2.58. The van der Waals surface area contributed by atoms with E-state index in [9.17, 15) is 4.79 Å². The van der Waals surface area contributed by atoms with E-state index in [0.717, 1.165) is 49.7 Å². The summed E-state index contributed by atoms with van der Waals surface area (Å²) < 4.78 is 23.1. The van der Waals surface area contributed by atoms with Gasteiger partial charge < -0.3 is 18.9 Å². The summed E-state index contributed by atoms with van der Waals surface area (Å²) in [6.07, 6.45) is 14.6. The van der Waals surface area contributed by atoms with Crippen LogP contribution in [0, 0.1) is 40.4 Å². The molecule has 0 bridgehead atoms. The van der Waals surface area contributed by atoms with Crippen molar-refractivity contribution in [3.63, 3.8) is 0 Å². The minimum atomic E-state index is -1.12. The Morgan fingerprint density at radius 1 is 0.907 bits per heavy atom. The molecule has 0 aromatic rings. The molecule has 248 valence electrons. The molecule has 43 heavy (non-hydrogen) atoms. The maximum absolute atomic E-state index is 12.5. The SMILES string of the molecule is C[C@H](CCC(=O)OCOCC[Si](C)(C)C)[C@H]1CC[C@H]2[C@@H]3CC=C4C[C@@H](OCOCC[Si](C)(C)C)CC[C@]4(C)[C@H]3CC[C@]12C. The highest BCUT2D eigenvalue weighted by Gasteiger charge is 2.59. The third-order valence-electron chi connectivity index (χ3n) is 12.3. The standard InChI is InChI=1S/C36H66O5Si2/c1-27(10-15-34(37)41-26-39-21-23-43(7,8)9)31-13-14-32-30-12-11-28-24-29(40-25-38-20-22-42(4,5)6)16-18-35(28,2)33(30)17-19-36(31,32)3/h11,27,29-33H,10,12-26H2,1-9H3/t27-,29+,30+,31-,32+,33+,35+,36-/m1/s1. The van der Waals surface area contributed by atoms with E-state index >= 15 is 0 Å². The molecule has 0 amide bonds. The molecule has 0 aromatic carbocycles. The zero-order valence-electron chi connectivity index (χ0n) is 29.4. The Morgan fingerprint density at radius 3 is 2.26 bits per heavy atom. The fraction of sp³-hybridized carbons (Fsp3) is 0.917. The van der Waals surface area contributed by atoms with E-state index in [-0.39, 0.29) is 12.8 Å². The van der Waals surface area contributed by atoms with Crippen molar-refractivity contribution in [2.45, 2.75) is 142 Å². The van der Waals surface area contributed by atoms with Crippen LogP contribution in [-0.2, 0) is 23.7 Å². The summed E-state index contributed by atoms with van der Waals surface area (Å²) in [5, 5.41) is 0. The van der Waals surface area contributed by atoms with Gasteiger partial charge in [-0.25, -0.2) is 0 Å². The van der Waals surface area contributed by atoms with E-state index in [0.29, 0.717) is 48.6 Å². The Hall–Kier alpha value is -0.476. The number of ether oxygens (including phenoxy) is 4. The number of rotatable bonds is 15. The maximum Gasteiger partial charge on any atom is 0.307 e. The van der Waals surface area contributed by atoms with Crippen LogP contribution in [0.1, 0.15) is 85.0 Å². The molecular weight excluding hydrogens is 569 g/mol. The van der Waals surface area contributed by atoms with Crippen LogP contribution in [0.4, 0.5) is 0 Å². The molecule has 0 aliphatic heterocycles. The van der Waals surface area contributed by atoms with Crippen molar-refractivity contribution < 1.29 is 23.7 Å². The Labute approximate surface area is 266 Å². The molecule has 5 nitrogen and oxygen atoms in total. The van der Waals surface area contributed by atoms with Gasteiger partial charge in [-0.1, -0.05) is 71.7 Å². The lowest BCUT2D eigenvalue weighted by Crippen LogP contribution is -2.51. The molecule has 7 heteroatoms. The van der Waals surface area contributed by atoms with Crippen molar-refractivity contribution in [2.75, 3.05) is 26.8 Å². The summed E-state index contributed by atoms with van der Waals surface area (Å²) in [6, 6.07) is 2.30. The first-order valence-electron chi connectivity index (χ1n) is 17.7. The van der Waals surface area contributed by atoms with Crippen molar-refractivity contribution in [1.29, 1.82) is 0 Å². The first kappa shape index (κ1) is 35.4. The lowest BCUT2D eigenvalue weighted by atomic mass is 9.47. The Balaban J connectivity index is 1.25. The first-order valence-corrected chi connectivity index (χ1v) is 25.2. The zero-order valence-corrected chi connectivity index (χ0v) is 31.4. The molecule has 3 fully saturated rings. The quantitative estimate of drug-likeness (QED) is 0.0590. The topological polar surface area (TPSA) is 54.0 Å². The number of fused-ring (bicyclic) bond motifs is 5. The van der Waals surface area contributed by atoms with Gasteiger partial charge in [-0.2, -0.15) is 0 Å². The van der Waals surface area contributed by atoms with E-state index in [4.69, 9.17) is 18.9 Å². The number of carbonyl (C=O) groups is 1. The normalized spacial score (nSPS) is 35.0. The molecule has 0 heterocycles. The maximum atomic E-state index is 12.5. The predicted molar refractivity (Wildman–Crippen MR) is 182 cm³/mol. The fourth-order valence-corrected chi connectivity index (χ4v) is 11.0. The second-order valence-corrected chi connectivity index (χ2v) is 29.0. The molecule has 8 atom stereocenters. The summed E-state index contributed by atoms with van der Waals surface area (Å²) >= 11 is 0. The summed E-state index contributed by atoms with van der Waals surface area (Å²) in [5.41, 5.74) is 2.43. The molecule has 0 radical (unpaired) electrons. The highest BCUT2D eigenvalue weighted by Crippen LogP contribution is 2.67. The summed E-state index contributed by atoms with van der Waals surface area (Å²) in [5.74, 6) is 3.60. The number of esters is 1. The first-order chi connectivity index (χ1) is 20.1. The van der Waals surface area contributed by atoms with Crippen LogP contribution >= 0.6 is 0 Å². The molecule has 0 aromatic heterocycles. The molecule has 0 saturated heterocycles. The van der Waals surface area contributed by atoms with E-state index in [1.165, 1.54) is 44.6 Å². The number of hydrogen-bond donors (Lipinski definition) is 0. The van der Waals surface area contributed by atoms with Crippen molar-refractivity contribution in [3.8, 4) is 0 Å². The van der Waals surface area contributed by atoms with E-state index in [1.807, 2.05) is 0 Å². The highest BCUT2D eigenvalue weighted by molar-refractivity contribution is 6.76. The van der Waals surface area contributed by atoms with Gasteiger partial charge in [-0.05, 0) is 110 Å². The van der Waals surface area contributed by atoms with Gasteiger partial charge >= 0.3 is 5.97 Å². The minimum Gasteiger partial charge on any atom is -0.438 e. The van der Waals surface area contributed by atoms with Crippen molar-refractivity contribution in [1.82, 2.24) is 0 Å². The summed E-state index contributed by atoms with van der Waals surface area (Å²) in [6.45, 7) is 23.9. The van der Waals surface area contributed by atoms with Gasteiger partial charge in [0.15, 0.2) is 6.79 Å². The molecular formula is C36H66O5Si2. The number of carbonyl (C=O) groups excluding carboxylic acids is 1. The van der Waals surface area contributed by atoms with Gasteiger partial charge in [0.25, 0.3) is 0 Å². The molecule has 3 saturated carbocycles. The molecule has 0 unspecified atom stereocenters. The van der Waals surface area contributed by atoms with Crippen LogP contribution in [0.25, 0.3) is 0 Å². The van der Waals surface area contributed by atoms with Crippen LogP contribution < -0.4 is 0 Å². The second-order valence-electron chi connectivity index (χ2n) is 17.7. The Kier molecular flexibility index (Phi) is 11.9. The monoisotopic (exact) mass is 634 g/mol. The zero-order chi connectivity index (χ0) is 31.5. The number of hydrogen-bond acceptors (Lipinski definition) is 5. The van der Waals surface area contributed by atoms with Crippen LogP contribution in [0.5, 0.6) is 0 Å². The van der Waals surface area contributed by atoms with Crippen molar-refractivity contribution >= 4 is 22.1 Å². The van der Waals surface area contributed by atoms with E-state index in [2.05, 4.69) is 66.1 Å². The minimum absolute atomic E-state index is 0.0983. The third kappa shape index (κ3) is 9.08. The van der Waals surface area contributed by atoms with Gasteiger partial charge in [-0.3, -0.25) is 4.79 Å². The van der Waals surface area contributed by atoms with E-state index in [1.54, 1.807) is 5.57 Å². The largest absolute Gasteiger partial charge is 0.438 e. The smallest absolute Gasteiger partial charge is 0.307 e. The van der Waals surface area contributed by atoms with Gasteiger partial charge in [-0.15, -0.1) is 0 Å². The molecule has 0 N–H and O–H groups in total. The summed E-state index contributed by atoms with van der Waals surface area (Å²) in [7, 11) is -2.17. The molecule has 4 aliphatic carbocycles. The highest BCUT2D eigenvalue weighted by atomic mass is 28.3. The van der Waals surface area contributed by atoms with Gasteiger partial charge in [0, 0.05) is 35.8 Å². The fourth-order valence-electron chi connectivity index (χ4n) is 9.49. The Bertz CT molecular complexity index is 954. The van der Waals surface area contributed by atoms with Crippen molar-refractivity contribution in [3.05, 3.63) is 11.6 Å². The van der Waals surface area contributed by atoms with Gasteiger partial charge in [0.2, 0.25) is 0 Å². The van der Waals surface area contributed by atoms with Crippen molar-refractivity contribution in [2.24, 2.45) is 40.4 Å². The van der Waals surface area contributed by atoms with Crippen LogP contribution in [0.3, 0.4) is 0 Å². The van der Waals surface area contributed by atoms with Crippen LogP contribution in [0.15, 0.2) is 11.6 Å². The molecule has 0 spiro atoms. The van der Waals surface area contributed by atoms with Gasteiger partial charge in [0.1, 0.15) is 6.79 Å². The Morgan fingerprint density at radius 2 is 1.58 bits per heavy atom. The van der Waals surface area contributed by atoms with Gasteiger partial charge in [0.05, 0.1) is 6.10 Å². The lowest BCUT2D eigenvalue weighted by molar-refractivity contribution is -0.156. The average Bonchev–Trinajstić information content (AvgIpc) is 3.27. The molecule has 4 rings (SSSR count). The van der Waals surface area contributed by atoms with Crippen LogP contribution in [0.2, 0.25) is 51.4 Å². The number of allylic oxidation sites excluding steroid dienone is 1. The second kappa shape index (κ2) is 14.5. The predicted octanol–water partition coefficient (Wildman–Crippen LogP) is 9.53. The average molecular weight is 635 g/mol. The van der Waals surface area contributed by atoms with Crippen LogP contribution in [-0.4, -0.2) is 55.0 Å². The third-order valence-corrected chi connectivity index (χ3v) is 15.7. The van der Waals surface area contributed by atoms with E-state index < -0.39 is 16.1 Å². The summed E-state index contributed by atoms with van der Waals surface area (Å²) in [4.78, 5) is 12.5.